The molecule has 1 aromatic carbocycles. The van der Waals surface area contributed by atoms with Crippen molar-refractivity contribution < 1.29 is 9.62 Å². The first-order valence-corrected chi connectivity index (χ1v) is 5.65. The largest absolute Gasteiger partial charge is 0.456 e. The summed E-state index contributed by atoms with van der Waals surface area (Å²) in [7, 11) is 0. The van der Waals surface area contributed by atoms with Crippen LogP contribution in [0, 0.1) is 0 Å². The Balaban J connectivity index is 2.17. The Hall–Kier alpha value is -2.76. The minimum absolute atomic E-state index is 0.00185. The summed E-state index contributed by atoms with van der Waals surface area (Å²) in [5.74, 6) is 0. The van der Waals surface area contributed by atoms with Crippen LogP contribution in [0.3, 0.4) is 0 Å². The number of rotatable bonds is 2. The molecule has 0 unspecified atom stereocenters. The lowest BCUT2D eigenvalue weighted by Gasteiger charge is -1.99. The van der Waals surface area contributed by atoms with Crippen molar-refractivity contribution in [2.75, 3.05) is 0 Å². The third kappa shape index (κ3) is 1.83. The minimum Gasteiger partial charge on any atom is -0.456 e. The van der Waals surface area contributed by atoms with Crippen LogP contribution in [-0.2, 0) is 6.42 Å². The Labute approximate surface area is 106 Å². The van der Waals surface area contributed by atoms with E-state index < -0.39 is 11.2 Å². The second-order valence-corrected chi connectivity index (χ2v) is 4.17. The molecule has 96 valence electrons. The van der Waals surface area contributed by atoms with Crippen LogP contribution in [0.4, 0.5) is 0 Å². The molecule has 0 spiro atoms. The normalized spacial score (nSPS) is 10.9. The van der Waals surface area contributed by atoms with E-state index in [4.69, 9.17) is 4.42 Å². The van der Waals surface area contributed by atoms with E-state index in [9.17, 15) is 14.8 Å². The molecule has 3 aromatic rings. The molecule has 0 saturated heterocycles. The molecule has 2 N–H and O–H groups in total. The van der Waals surface area contributed by atoms with Gasteiger partial charge in [0.15, 0.2) is 0 Å². The summed E-state index contributed by atoms with van der Waals surface area (Å²) in [6.45, 7) is 0. The van der Waals surface area contributed by atoms with Gasteiger partial charge in [0.2, 0.25) is 5.58 Å². The molecule has 6 heteroatoms. The SMILES string of the molecule is O=c1[nH]c2c(Cc3ccccc3)coc2c(=O)n1O. The number of H-pyrrole nitrogens is 1. The van der Waals surface area contributed by atoms with Crippen LogP contribution in [0.2, 0.25) is 0 Å². The molecule has 0 saturated carbocycles. The van der Waals surface area contributed by atoms with E-state index >= 15 is 0 Å². The maximum atomic E-state index is 11.6. The molecule has 0 aliphatic rings. The maximum Gasteiger partial charge on any atom is 0.362 e. The first-order chi connectivity index (χ1) is 9.16. The van der Waals surface area contributed by atoms with Crippen LogP contribution < -0.4 is 11.2 Å². The topological polar surface area (TPSA) is 88.2 Å². The predicted octanol–water partition coefficient (Wildman–Crippen LogP) is 1.11. The molecule has 0 fully saturated rings. The minimum atomic E-state index is -0.881. The average Bonchev–Trinajstić information content (AvgIpc) is 2.81. The van der Waals surface area contributed by atoms with Crippen LogP contribution in [0.15, 0.2) is 50.6 Å². The zero-order chi connectivity index (χ0) is 13.4. The van der Waals surface area contributed by atoms with Gasteiger partial charge in [-0.25, -0.2) is 4.79 Å². The quantitative estimate of drug-likeness (QED) is 0.674. The predicted molar refractivity (Wildman–Crippen MR) is 67.5 cm³/mol. The Morgan fingerprint density at radius 3 is 2.68 bits per heavy atom. The maximum absolute atomic E-state index is 11.6. The summed E-state index contributed by atoms with van der Waals surface area (Å²) in [5, 5.41) is 9.20. The van der Waals surface area contributed by atoms with Gasteiger partial charge in [0.25, 0.3) is 0 Å². The third-order valence-electron chi connectivity index (χ3n) is 2.92. The van der Waals surface area contributed by atoms with Crippen LogP contribution in [-0.4, -0.2) is 14.9 Å². The highest BCUT2D eigenvalue weighted by molar-refractivity contribution is 5.75. The van der Waals surface area contributed by atoms with Crippen molar-refractivity contribution in [3.63, 3.8) is 0 Å². The highest BCUT2D eigenvalue weighted by Crippen LogP contribution is 2.18. The smallest absolute Gasteiger partial charge is 0.362 e. The van der Waals surface area contributed by atoms with Crippen LogP contribution in [0.25, 0.3) is 11.1 Å². The number of hydrogen-bond acceptors (Lipinski definition) is 4. The standard InChI is InChI=1S/C13H10N2O4/c16-12-11-10(14-13(17)15(12)18)9(7-19-11)6-8-4-2-1-3-5-8/h1-5,7,18H,6H2,(H,14,17). The lowest BCUT2D eigenvalue weighted by Crippen LogP contribution is -2.32. The Kier molecular flexibility index (Phi) is 2.49. The van der Waals surface area contributed by atoms with E-state index in [2.05, 4.69) is 4.98 Å². The van der Waals surface area contributed by atoms with E-state index in [1.165, 1.54) is 6.26 Å². The van der Waals surface area contributed by atoms with Crippen molar-refractivity contribution in [1.29, 1.82) is 0 Å². The van der Waals surface area contributed by atoms with Gasteiger partial charge in [-0.05, 0) is 5.56 Å². The highest BCUT2D eigenvalue weighted by atomic mass is 16.5. The second kappa shape index (κ2) is 4.16. The number of benzene rings is 1. The summed E-state index contributed by atoms with van der Waals surface area (Å²) in [5.41, 5.74) is 0.235. The number of aromatic amines is 1. The summed E-state index contributed by atoms with van der Waals surface area (Å²) >= 11 is 0. The van der Waals surface area contributed by atoms with E-state index in [1.807, 2.05) is 30.3 Å². The van der Waals surface area contributed by atoms with Gasteiger partial charge in [0.1, 0.15) is 0 Å². The number of aromatic nitrogens is 2. The molecule has 6 nitrogen and oxygen atoms in total. The summed E-state index contributed by atoms with van der Waals surface area (Å²) in [6, 6.07) is 9.58. The van der Waals surface area contributed by atoms with Gasteiger partial charge >= 0.3 is 11.2 Å². The first kappa shape index (κ1) is 11.3. The molecule has 0 atom stereocenters. The number of furan rings is 1. The summed E-state index contributed by atoms with van der Waals surface area (Å²) in [6.07, 6.45) is 1.94. The van der Waals surface area contributed by atoms with E-state index in [-0.39, 0.29) is 10.3 Å². The zero-order valence-electron chi connectivity index (χ0n) is 9.79. The second-order valence-electron chi connectivity index (χ2n) is 4.17. The van der Waals surface area contributed by atoms with Gasteiger partial charge in [-0.15, -0.1) is 0 Å². The third-order valence-corrected chi connectivity index (χ3v) is 2.92. The summed E-state index contributed by atoms with van der Waals surface area (Å²) in [4.78, 5) is 25.4. The Morgan fingerprint density at radius 1 is 1.21 bits per heavy atom. The number of hydrogen-bond donors (Lipinski definition) is 2. The Morgan fingerprint density at radius 2 is 1.95 bits per heavy atom. The molecule has 2 heterocycles. The van der Waals surface area contributed by atoms with Crippen LogP contribution >= 0.6 is 0 Å². The lowest BCUT2D eigenvalue weighted by molar-refractivity contribution is 0.161. The first-order valence-electron chi connectivity index (χ1n) is 5.65. The molecule has 0 aliphatic carbocycles. The number of nitrogens with one attached hydrogen (secondary N) is 1. The van der Waals surface area contributed by atoms with Gasteiger partial charge in [-0.2, -0.15) is 0 Å². The number of nitrogens with zero attached hydrogens (tertiary/aromatic N) is 1. The lowest BCUT2D eigenvalue weighted by atomic mass is 10.1. The van der Waals surface area contributed by atoms with Crippen molar-refractivity contribution in [2.24, 2.45) is 0 Å². The molecule has 0 bridgehead atoms. The molecule has 0 aliphatic heterocycles. The van der Waals surface area contributed by atoms with E-state index in [0.29, 0.717) is 17.5 Å². The van der Waals surface area contributed by atoms with Crippen LogP contribution in [0.5, 0.6) is 0 Å². The monoisotopic (exact) mass is 258 g/mol. The van der Waals surface area contributed by atoms with Crippen molar-refractivity contribution in [1.82, 2.24) is 9.71 Å². The molecule has 2 aromatic heterocycles. The van der Waals surface area contributed by atoms with Gasteiger partial charge in [-0.1, -0.05) is 35.1 Å². The molecule has 19 heavy (non-hydrogen) atoms. The molecule has 0 radical (unpaired) electrons. The molecular weight excluding hydrogens is 248 g/mol. The van der Waals surface area contributed by atoms with Crippen LogP contribution in [0.1, 0.15) is 11.1 Å². The fourth-order valence-corrected chi connectivity index (χ4v) is 1.98. The van der Waals surface area contributed by atoms with Gasteiger partial charge in [-0.3, -0.25) is 4.79 Å². The zero-order valence-corrected chi connectivity index (χ0v) is 9.79. The highest BCUT2D eigenvalue weighted by Gasteiger charge is 2.14. The summed E-state index contributed by atoms with van der Waals surface area (Å²) < 4.78 is 5.12. The Bertz CT molecular complexity index is 842. The van der Waals surface area contributed by atoms with Crippen molar-refractivity contribution in [3.8, 4) is 0 Å². The van der Waals surface area contributed by atoms with Crippen molar-refractivity contribution in [3.05, 3.63) is 68.6 Å². The van der Waals surface area contributed by atoms with E-state index in [1.54, 1.807) is 0 Å². The van der Waals surface area contributed by atoms with Crippen molar-refractivity contribution in [2.45, 2.75) is 6.42 Å². The van der Waals surface area contributed by atoms with Gasteiger partial charge in [0, 0.05) is 12.0 Å². The fourth-order valence-electron chi connectivity index (χ4n) is 1.98. The molecule has 3 rings (SSSR count). The fraction of sp³-hybridized carbons (Fsp3) is 0.0769. The van der Waals surface area contributed by atoms with E-state index in [0.717, 1.165) is 5.56 Å². The van der Waals surface area contributed by atoms with Gasteiger partial charge < -0.3 is 14.6 Å². The van der Waals surface area contributed by atoms with Gasteiger partial charge in [0.05, 0.1) is 11.8 Å². The number of fused-ring (bicyclic) bond motifs is 1. The molecule has 0 amide bonds. The molecular formula is C13H10N2O4. The van der Waals surface area contributed by atoms with Crippen molar-refractivity contribution >= 4 is 11.1 Å². The average molecular weight is 258 g/mol.